The molecule has 27 heavy (non-hydrogen) atoms. The van der Waals surface area contributed by atoms with Gasteiger partial charge in [0.15, 0.2) is 11.5 Å². The molecule has 2 aromatic rings. The van der Waals surface area contributed by atoms with E-state index in [-0.39, 0.29) is 18.2 Å². The highest BCUT2D eigenvalue weighted by Gasteiger charge is 2.15. The van der Waals surface area contributed by atoms with Crippen molar-refractivity contribution in [3.05, 3.63) is 41.5 Å². The van der Waals surface area contributed by atoms with Gasteiger partial charge < -0.3 is 24.8 Å². The number of carbonyl (C=O) groups is 2. The van der Waals surface area contributed by atoms with Crippen LogP contribution in [0.25, 0.3) is 0 Å². The quantitative estimate of drug-likeness (QED) is 0.780. The van der Waals surface area contributed by atoms with Crippen LogP contribution >= 0.6 is 0 Å². The molecule has 7 heteroatoms. The number of anilines is 2. The van der Waals surface area contributed by atoms with Crippen LogP contribution in [0.1, 0.15) is 18.1 Å². The molecule has 7 nitrogen and oxygen atoms in total. The van der Waals surface area contributed by atoms with Crippen LogP contribution in [0.4, 0.5) is 11.4 Å². The molecule has 0 saturated heterocycles. The molecule has 0 bridgehead atoms. The molecular weight excluding hydrogens is 348 g/mol. The van der Waals surface area contributed by atoms with Crippen LogP contribution in [0.5, 0.6) is 17.2 Å². The molecule has 0 aliphatic carbocycles. The molecule has 0 aliphatic rings. The lowest BCUT2D eigenvalue weighted by Crippen LogP contribution is -2.15. The van der Waals surface area contributed by atoms with Crippen molar-refractivity contribution in [3.63, 3.8) is 0 Å². The Labute approximate surface area is 158 Å². The standard InChI is InChI=1S/C20H24N2O5/c1-12-6-7-15(11-16(12)21-13(2)23)22-19(24)10-14-8-17(25-3)20(27-5)18(9-14)26-4/h6-9,11H,10H2,1-5H3,(H,21,23)(H,22,24). The Morgan fingerprint density at radius 3 is 2.07 bits per heavy atom. The lowest BCUT2D eigenvalue weighted by atomic mass is 10.1. The zero-order chi connectivity index (χ0) is 20.0. The summed E-state index contributed by atoms with van der Waals surface area (Å²) in [6.45, 7) is 3.32. The van der Waals surface area contributed by atoms with Crippen LogP contribution in [-0.4, -0.2) is 33.1 Å². The second-order valence-corrected chi connectivity index (χ2v) is 5.97. The molecule has 0 saturated carbocycles. The van der Waals surface area contributed by atoms with Crippen LogP contribution in [-0.2, 0) is 16.0 Å². The molecule has 0 aliphatic heterocycles. The Morgan fingerprint density at radius 1 is 0.926 bits per heavy atom. The molecule has 2 rings (SSSR count). The Kier molecular flexibility index (Phi) is 6.65. The first-order valence-corrected chi connectivity index (χ1v) is 8.35. The SMILES string of the molecule is COc1cc(CC(=O)Nc2ccc(C)c(NC(C)=O)c2)cc(OC)c1OC. The van der Waals surface area contributed by atoms with Crippen LogP contribution in [0.2, 0.25) is 0 Å². The summed E-state index contributed by atoms with van der Waals surface area (Å²) in [4.78, 5) is 23.7. The molecule has 0 unspecified atom stereocenters. The number of rotatable bonds is 7. The minimum atomic E-state index is -0.207. The highest BCUT2D eigenvalue weighted by atomic mass is 16.5. The van der Waals surface area contributed by atoms with Gasteiger partial charge in [-0.25, -0.2) is 0 Å². The third-order valence-electron chi connectivity index (χ3n) is 3.92. The van der Waals surface area contributed by atoms with Crippen molar-refractivity contribution in [2.45, 2.75) is 20.3 Å². The van der Waals surface area contributed by atoms with Crippen LogP contribution in [0.3, 0.4) is 0 Å². The minimum absolute atomic E-state index is 0.125. The van der Waals surface area contributed by atoms with Gasteiger partial charge in [0.2, 0.25) is 17.6 Å². The summed E-state index contributed by atoms with van der Waals surface area (Å²) in [5, 5.41) is 5.57. The van der Waals surface area contributed by atoms with E-state index in [4.69, 9.17) is 14.2 Å². The van der Waals surface area contributed by atoms with E-state index in [1.54, 1.807) is 24.3 Å². The number of methoxy groups -OCH3 is 3. The van der Waals surface area contributed by atoms with Crippen LogP contribution in [0.15, 0.2) is 30.3 Å². The Balaban J connectivity index is 2.17. The monoisotopic (exact) mass is 372 g/mol. The van der Waals surface area contributed by atoms with Gasteiger partial charge in [0.1, 0.15) is 0 Å². The second-order valence-electron chi connectivity index (χ2n) is 5.97. The van der Waals surface area contributed by atoms with E-state index in [2.05, 4.69) is 10.6 Å². The Morgan fingerprint density at radius 2 is 1.56 bits per heavy atom. The van der Waals surface area contributed by atoms with Gasteiger partial charge in [0.25, 0.3) is 0 Å². The minimum Gasteiger partial charge on any atom is -0.493 e. The van der Waals surface area contributed by atoms with E-state index < -0.39 is 0 Å². The fraction of sp³-hybridized carbons (Fsp3) is 0.300. The fourth-order valence-corrected chi connectivity index (χ4v) is 2.65. The summed E-state index contributed by atoms with van der Waals surface area (Å²) >= 11 is 0. The van der Waals surface area contributed by atoms with Gasteiger partial charge in [0, 0.05) is 18.3 Å². The number of aryl methyl sites for hydroxylation is 1. The summed E-state index contributed by atoms with van der Waals surface area (Å²) in [7, 11) is 4.57. The molecule has 2 aromatic carbocycles. The van der Waals surface area contributed by atoms with E-state index in [9.17, 15) is 9.59 Å². The molecule has 2 N–H and O–H groups in total. The molecule has 0 atom stereocenters. The van der Waals surface area contributed by atoms with Gasteiger partial charge >= 0.3 is 0 Å². The topological polar surface area (TPSA) is 85.9 Å². The largest absolute Gasteiger partial charge is 0.493 e. The van der Waals surface area contributed by atoms with Gasteiger partial charge in [-0.2, -0.15) is 0 Å². The number of ether oxygens (including phenoxy) is 3. The van der Waals surface area contributed by atoms with Crippen molar-refractivity contribution in [2.75, 3.05) is 32.0 Å². The number of hydrogen-bond donors (Lipinski definition) is 2. The zero-order valence-electron chi connectivity index (χ0n) is 16.1. The van der Waals surface area contributed by atoms with Crippen molar-refractivity contribution < 1.29 is 23.8 Å². The number of hydrogen-bond acceptors (Lipinski definition) is 5. The zero-order valence-corrected chi connectivity index (χ0v) is 16.1. The lowest BCUT2D eigenvalue weighted by Gasteiger charge is -2.14. The van der Waals surface area contributed by atoms with Crippen molar-refractivity contribution in [2.24, 2.45) is 0 Å². The van der Waals surface area contributed by atoms with Crippen LogP contribution in [0, 0.1) is 6.92 Å². The summed E-state index contributed by atoms with van der Waals surface area (Å²) < 4.78 is 15.9. The van der Waals surface area contributed by atoms with Crippen molar-refractivity contribution >= 4 is 23.2 Å². The first kappa shape index (κ1) is 20.1. The third kappa shape index (κ3) is 5.13. The summed E-state index contributed by atoms with van der Waals surface area (Å²) in [6.07, 6.45) is 0.125. The normalized spacial score (nSPS) is 10.1. The number of carbonyl (C=O) groups excluding carboxylic acids is 2. The van der Waals surface area contributed by atoms with Crippen molar-refractivity contribution in [1.82, 2.24) is 0 Å². The van der Waals surface area contributed by atoms with E-state index in [1.165, 1.54) is 28.3 Å². The second kappa shape index (κ2) is 8.93. The Bertz CT molecular complexity index is 823. The average Bonchev–Trinajstić information content (AvgIpc) is 2.63. The first-order chi connectivity index (χ1) is 12.9. The van der Waals surface area contributed by atoms with Gasteiger partial charge in [-0.05, 0) is 42.3 Å². The maximum absolute atomic E-state index is 12.4. The summed E-state index contributed by atoms with van der Waals surface area (Å²) in [6, 6.07) is 8.81. The number of nitrogens with one attached hydrogen (secondary N) is 2. The van der Waals surface area contributed by atoms with E-state index >= 15 is 0 Å². The summed E-state index contributed by atoms with van der Waals surface area (Å²) in [5.74, 6) is 1.08. The molecule has 0 spiro atoms. The number of benzene rings is 2. The fourth-order valence-electron chi connectivity index (χ4n) is 2.65. The predicted octanol–water partition coefficient (Wildman–Crippen LogP) is 3.16. The molecule has 0 fully saturated rings. The molecule has 144 valence electrons. The predicted molar refractivity (Wildman–Crippen MR) is 104 cm³/mol. The molecule has 0 radical (unpaired) electrons. The third-order valence-corrected chi connectivity index (χ3v) is 3.92. The number of amides is 2. The van der Waals surface area contributed by atoms with Gasteiger partial charge in [0.05, 0.1) is 27.8 Å². The summed E-state index contributed by atoms with van der Waals surface area (Å²) in [5.41, 5.74) is 2.89. The Hall–Kier alpha value is -3.22. The molecular formula is C20H24N2O5. The molecule has 2 amide bonds. The van der Waals surface area contributed by atoms with E-state index in [0.29, 0.717) is 28.6 Å². The van der Waals surface area contributed by atoms with Gasteiger partial charge in [-0.1, -0.05) is 6.07 Å². The lowest BCUT2D eigenvalue weighted by molar-refractivity contribution is -0.115. The molecule has 0 aromatic heterocycles. The van der Waals surface area contributed by atoms with Crippen molar-refractivity contribution in [1.29, 1.82) is 0 Å². The van der Waals surface area contributed by atoms with E-state index in [1.807, 2.05) is 13.0 Å². The highest BCUT2D eigenvalue weighted by Crippen LogP contribution is 2.38. The van der Waals surface area contributed by atoms with Crippen LogP contribution < -0.4 is 24.8 Å². The first-order valence-electron chi connectivity index (χ1n) is 8.35. The molecule has 0 heterocycles. The average molecular weight is 372 g/mol. The smallest absolute Gasteiger partial charge is 0.228 e. The van der Waals surface area contributed by atoms with E-state index in [0.717, 1.165) is 11.1 Å². The maximum atomic E-state index is 12.4. The highest BCUT2D eigenvalue weighted by molar-refractivity contribution is 5.95. The maximum Gasteiger partial charge on any atom is 0.228 e. The van der Waals surface area contributed by atoms with Gasteiger partial charge in [-0.15, -0.1) is 0 Å². The van der Waals surface area contributed by atoms with Crippen molar-refractivity contribution in [3.8, 4) is 17.2 Å². The van der Waals surface area contributed by atoms with Gasteiger partial charge in [-0.3, -0.25) is 9.59 Å².